The van der Waals surface area contributed by atoms with Gasteiger partial charge in [0.2, 0.25) is 0 Å². The SMILES string of the molecule is CC(NCCC(C)S(C)=O)c1ccc(F)cc1Cl. The normalized spacial score (nSPS) is 16.3. The van der Waals surface area contributed by atoms with Gasteiger partial charge in [0, 0.05) is 33.4 Å². The Hall–Kier alpha value is -0.450. The highest BCUT2D eigenvalue weighted by Crippen LogP contribution is 2.23. The second-order valence-corrected chi connectivity index (χ2v) is 6.65. The van der Waals surface area contributed by atoms with E-state index in [1.165, 1.54) is 12.1 Å². The summed E-state index contributed by atoms with van der Waals surface area (Å²) >= 11 is 5.99. The van der Waals surface area contributed by atoms with Crippen molar-refractivity contribution in [2.24, 2.45) is 0 Å². The monoisotopic (exact) mass is 291 g/mol. The van der Waals surface area contributed by atoms with E-state index >= 15 is 0 Å². The maximum atomic E-state index is 12.9. The summed E-state index contributed by atoms with van der Waals surface area (Å²) in [5, 5.41) is 3.91. The van der Waals surface area contributed by atoms with Gasteiger partial charge in [0.15, 0.2) is 0 Å². The standard InChI is InChI=1S/C13H19ClFNOS/c1-9(18(3)17)6-7-16-10(2)12-5-4-11(15)8-13(12)14/h4-5,8-10,16H,6-7H2,1-3H3. The number of hydrogen-bond donors (Lipinski definition) is 1. The minimum atomic E-state index is -0.793. The van der Waals surface area contributed by atoms with Crippen molar-refractivity contribution in [3.63, 3.8) is 0 Å². The molecule has 0 radical (unpaired) electrons. The summed E-state index contributed by atoms with van der Waals surface area (Å²) < 4.78 is 24.1. The van der Waals surface area contributed by atoms with Crippen LogP contribution in [0.25, 0.3) is 0 Å². The van der Waals surface area contributed by atoms with E-state index < -0.39 is 10.8 Å². The quantitative estimate of drug-likeness (QED) is 0.871. The molecule has 0 heterocycles. The highest BCUT2D eigenvalue weighted by atomic mass is 35.5. The van der Waals surface area contributed by atoms with E-state index in [2.05, 4.69) is 5.32 Å². The molecule has 3 unspecified atom stereocenters. The molecule has 0 aliphatic heterocycles. The first-order chi connectivity index (χ1) is 8.41. The second-order valence-electron chi connectivity index (χ2n) is 4.44. The van der Waals surface area contributed by atoms with Crippen LogP contribution in [0.5, 0.6) is 0 Å². The molecule has 2 nitrogen and oxygen atoms in total. The molecule has 0 aromatic heterocycles. The highest BCUT2D eigenvalue weighted by Gasteiger charge is 2.11. The van der Waals surface area contributed by atoms with Crippen molar-refractivity contribution in [3.05, 3.63) is 34.6 Å². The molecule has 3 atom stereocenters. The van der Waals surface area contributed by atoms with Crippen LogP contribution in [-0.2, 0) is 10.8 Å². The van der Waals surface area contributed by atoms with Crippen molar-refractivity contribution in [2.75, 3.05) is 12.8 Å². The van der Waals surface area contributed by atoms with E-state index in [1.54, 1.807) is 12.3 Å². The Balaban J connectivity index is 2.50. The van der Waals surface area contributed by atoms with E-state index in [4.69, 9.17) is 11.6 Å². The lowest BCUT2D eigenvalue weighted by molar-refractivity contribution is 0.552. The zero-order valence-corrected chi connectivity index (χ0v) is 12.4. The van der Waals surface area contributed by atoms with Crippen LogP contribution in [0.2, 0.25) is 5.02 Å². The summed E-state index contributed by atoms with van der Waals surface area (Å²) in [6.45, 7) is 4.70. The van der Waals surface area contributed by atoms with Gasteiger partial charge in [0.25, 0.3) is 0 Å². The van der Waals surface area contributed by atoms with E-state index in [0.717, 1.165) is 18.5 Å². The fourth-order valence-corrected chi connectivity index (χ4v) is 2.41. The van der Waals surface area contributed by atoms with Crippen LogP contribution in [0.4, 0.5) is 4.39 Å². The summed E-state index contributed by atoms with van der Waals surface area (Å²) in [5.41, 5.74) is 0.878. The van der Waals surface area contributed by atoms with Crippen LogP contribution < -0.4 is 5.32 Å². The molecule has 102 valence electrons. The average Bonchev–Trinajstić information content (AvgIpc) is 2.28. The Morgan fingerprint density at radius 1 is 1.44 bits per heavy atom. The van der Waals surface area contributed by atoms with Gasteiger partial charge in [0.05, 0.1) is 0 Å². The van der Waals surface area contributed by atoms with Gasteiger partial charge in [-0.25, -0.2) is 4.39 Å². The maximum Gasteiger partial charge on any atom is 0.124 e. The molecular weight excluding hydrogens is 273 g/mol. The Morgan fingerprint density at radius 2 is 2.11 bits per heavy atom. The number of rotatable bonds is 6. The van der Waals surface area contributed by atoms with E-state index in [0.29, 0.717) is 5.02 Å². The molecule has 18 heavy (non-hydrogen) atoms. The van der Waals surface area contributed by atoms with Crippen molar-refractivity contribution in [1.29, 1.82) is 0 Å². The number of halogens is 2. The summed E-state index contributed by atoms with van der Waals surface area (Å²) in [7, 11) is -0.793. The van der Waals surface area contributed by atoms with Gasteiger partial charge in [0.1, 0.15) is 5.82 Å². The molecule has 0 saturated heterocycles. The lowest BCUT2D eigenvalue weighted by Crippen LogP contribution is -2.24. The van der Waals surface area contributed by atoms with Crippen LogP contribution in [0.15, 0.2) is 18.2 Å². The van der Waals surface area contributed by atoms with Crippen LogP contribution in [-0.4, -0.2) is 22.3 Å². The minimum Gasteiger partial charge on any atom is -0.310 e. The molecule has 0 aliphatic rings. The molecule has 1 rings (SSSR count). The van der Waals surface area contributed by atoms with Crippen LogP contribution in [0.3, 0.4) is 0 Å². The first-order valence-corrected chi connectivity index (χ1v) is 7.92. The van der Waals surface area contributed by atoms with E-state index in [1.807, 2.05) is 13.8 Å². The van der Waals surface area contributed by atoms with Crippen LogP contribution in [0.1, 0.15) is 31.9 Å². The van der Waals surface area contributed by atoms with Crippen molar-refractivity contribution >= 4 is 22.4 Å². The Labute approximate surface area is 115 Å². The molecule has 0 aliphatic carbocycles. The molecule has 5 heteroatoms. The van der Waals surface area contributed by atoms with Crippen molar-refractivity contribution in [2.45, 2.75) is 31.6 Å². The van der Waals surface area contributed by atoms with Crippen molar-refractivity contribution < 1.29 is 8.60 Å². The van der Waals surface area contributed by atoms with E-state index in [9.17, 15) is 8.60 Å². The molecular formula is C13H19ClFNOS. The summed E-state index contributed by atoms with van der Waals surface area (Å²) in [6.07, 6.45) is 2.55. The smallest absolute Gasteiger partial charge is 0.124 e. The third-order valence-corrected chi connectivity index (χ3v) is 4.69. The third kappa shape index (κ3) is 4.67. The molecule has 0 spiro atoms. The Kier molecular flexibility index (Phi) is 6.26. The summed E-state index contributed by atoms with van der Waals surface area (Å²) in [6, 6.07) is 4.47. The van der Waals surface area contributed by atoms with Gasteiger partial charge in [-0.1, -0.05) is 24.6 Å². The molecule has 1 aromatic carbocycles. The Morgan fingerprint density at radius 3 is 2.67 bits per heavy atom. The van der Waals surface area contributed by atoms with Gasteiger partial charge < -0.3 is 5.32 Å². The Bertz CT molecular complexity index is 427. The van der Waals surface area contributed by atoms with Gasteiger partial charge in [-0.2, -0.15) is 0 Å². The minimum absolute atomic E-state index is 0.0515. The fourth-order valence-electron chi connectivity index (χ4n) is 1.63. The van der Waals surface area contributed by atoms with Crippen LogP contribution >= 0.6 is 11.6 Å². The molecule has 0 saturated carbocycles. The molecule has 0 amide bonds. The topological polar surface area (TPSA) is 29.1 Å². The van der Waals surface area contributed by atoms with Crippen LogP contribution in [0, 0.1) is 5.82 Å². The first-order valence-electron chi connectivity index (χ1n) is 5.92. The first kappa shape index (κ1) is 15.6. The van der Waals surface area contributed by atoms with Gasteiger partial charge in [-0.3, -0.25) is 4.21 Å². The summed E-state index contributed by atoms with van der Waals surface area (Å²) in [4.78, 5) is 0. The summed E-state index contributed by atoms with van der Waals surface area (Å²) in [5.74, 6) is -0.328. The zero-order chi connectivity index (χ0) is 13.7. The van der Waals surface area contributed by atoms with Crippen molar-refractivity contribution in [1.82, 2.24) is 5.32 Å². The number of benzene rings is 1. The maximum absolute atomic E-state index is 12.9. The number of hydrogen-bond acceptors (Lipinski definition) is 2. The molecule has 1 N–H and O–H groups in total. The van der Waals surface area contributed by atoms with Gasteiger partial charge in [-0.15, -0.1) is 0 Å². The molecule has 1 aromatic rings. The highest BCUT2D eigenvalue weighted by molar-refractivity contribution is 7.84. The van der Waals surface area contributed by atoms with Crippen molar-refractivity contribution in [3.8, 4) is 0 Å². The largest absolute Gasteiger partial charge is 0.310 e. The zero-order valence-electron chi connectivity index (χ0n) is 10.9. The molecule has 0 fully saturated rings. The van der Waals surface area contributed by atoms with Gasteiger partial charge >= 0.3 is 0 Å². The fraction of sp³-hybridized carbons (Fsp3) is 0.538. The third-order valence-electron chi connectivity index (χ3n) is 3.00. The second kappa shape index (κ2) is 7.22. The number of nitrogens with one attached hydrogen (secondary N) is 1. The average molecular weight is 292 g/mol. The lowest BCUT2D eigenvalue weighted by atomic mass is 10.1. The molecule has 0 bridgehead atoms. The van der Waals surface area contributed by atoms with Gasteiger partial charge in [-0.05, 0) is 37.6 Å². The predicted molar refractivity (Wildman–Crippen MR) is 76.0 cm³/mol. The van der Waals surface area contributed by atoms with E-state index in [-0.39, 0.29) is 17.1 Å². The predicted octanol–water partition coefficient (Wildman–Crippen LogP) is 3.29. The lowest BCUT2D eigenvalue weighted by Gasteiger charge is -2.17.